The van der Waals surface area contributed by atoms with Crippen LogP contribution in [0.3, 0.4) is 0 Å². The summed E-state index contributed by atoms with van der Waals surface area (Å²) in [5.74, 6) is -0.516. The number of thioether (sulfide) groups is 1. The van der Waals surface area contributed by atoms with Crippen molar-refractivity contribution in [2.45, 2.75) is 17.2 Å². The van der Waals surface area contributed by atoms with Crippen molar-refractivity contribution >= 4 is 17.7 Å². The van der Waals surface area contributed by atoms with Crippen molar-refractivity contribution in [2.24, 2.45) is 0 Å². The maximum absolute atomic E-state index is 12.6. The van der Waals surface area contributed by atoms with Gasteiger partial charge in [0.1, 0.15) is 5.82 Å². The molecule has 0 bridgehead atoms. The normalized spacial score (nSPS) is 10.9. The van der Waals surface area contributed by atoms with Gasteiger partial charge in [-0.3, -0.25) is 4.57 Å². The molecule has 1 aromatic carbocycles. The molecule has 0 aliphatic carbocycles. The van der Waals surface area contributed by atoms with Crippen molar-refractivity contribution < 1.29 is 18.7 Å². The topological polar surface area (TPSA) is 55.1 Å². The summed E-state index contributed by atoms with van der Waals surface area (Å²) in [6.45, 7) is -2.62. The number of rotatable bonds is 5. The minimum Gasteiger partial charge on any atom is -0.478 e. The second-order valence-corrected chi connectivity index (χ2v) is 4.70. The zero-order valence-electron chi connectivity index (χ0n) is 9.66. The largest absolute Gasteiger partial charge is 0.478 e. The molecule has 0 aliphatic heterocycles. The highest BCUT2D eigenvalue weighted by Gasteiger charge is 2.11. The first-order valence-electron chi connectivity index (χ1n) is 5.34. The fourth-order valence-electron chi connectivity index (χ4n) is 1.50. The van der Waals surface area contributed by atoms with Crippen molar-refractivity contribution in [3.05, 3.63) is 48.0 Å². The van der Waals surface area contributed by atoms with Gasteiger partial charge >= 0.3 is 12.5 Å². The van der Waals surface area contributed by atoms with E-state index in [4.69, 9.17) is 5.11 Å². The predicted octanol–water partition coefficient (Wildman–Crippen LogP) is 3.27. The lowest BCUT2D eigenvalue weighted by molar-refractivity contribution is 0.0675. The van der Waals surface area contributed by atoms with Crippen molar-refractivity contribution in [2.75, 3.05) is 0 Å². The fourth-order valence-corrected chi connectivity index (χ4v) is 2.40. The quantitative estimate of drug-likeness (QED) is 0.856. The number of carbonyl (C=O) groups is 1. The molecule has 0 fully saturated rings. The number of aromatic carboxylic acids is 1. The van der Waals surface area contributed by atoms with Gasteiger partial charge in [0.05, 0.1) is 11.3 Å². The molecule has 1 aromatic heterocycles. The number of alkyl halides is 2. The number of carboxylic acids is 1. The van der Waals surface area contributed by atoms with Gasteiger partial charge in [0.2, 0.25) is 0 Å². The van der Waals surface area contributed by atoms with E-state index >= 15 is 0 Å². The van der Waals surface area contributed by atoms with Crippen molar-refractivity contribution in [3.8, 4) is 0 Å². The highest BCUT2D eigenvalue weighted by Crippen LogP contribution is 2.24. The van der Waals surface area contributed by atoms with Gasteiger partial charge < -0.3 is 5.11 Å². The van der Waals surface area contributed by atoms with Crippen molar-refractivity contribution in [1.29, 1.82) is 0 Å². The molecule has 0 atom stereocenters. The average Bonchev–Trinajstić information content (AvgIpc) is 2.85. The average molecular weight is 284 g/mol. The summed E-state index contributed by atoms with van der Waals surface area (Å²) in [5, 5.41) is 8.85. The van der Waals surface area contributed by atoms with E-state index in [0.717, 1.165) is 4.57 Å². The number of carboxylic acid groups (broad SMARTS) is 1. The van der Waals surface area contributed by atoms with Crippen LogP contribution in [0.25, 0.3) is 0 Å². The van der Waals surface area contributed by atoms with E-state index in [9.17, 15) is 13.6 Å². The van der Waals surface area contributed by atoms with Crippen LogP contribution >= 0.6 is 11.8 Å². The Labute approximate surface area is 112 Å². The number of nitrogens with zero attached hydrogens (tertiary/aromatic N) is 2. The molecule has 0 radical (unpaired) electrons. The third-order valence-corrected chi connectivity index (χ3v) is 3.40. The van der Waals surface area contributed by atoms with Crippen LogP contribution in [0, 0.1) is 0 Å². The van der Waals surface area contributed by atoms with Crippen LogP contribution in [0.4, 0.5) is 8.78 Å². The van der Waals surface area contributed by atoms with E-state index in [0.29, 0.717) is 4.90 Å². The second kappa shape index (κ2) is 5.83. The first-order valence-corrected chi connectivity index (χ1v) is 6.32. The van der Waals surface area contributed by atoms with Crippen molar-refractivity contribution in [1.82, 2.24) is 9.55 Å². The van der Waals surface area contributed by atoms with Gasteiger partial charge in [0.25, 0.3) is 0 Å². The van der Waals surface area contributed by atoms with E-state index in [1.165, 1.54) is 36.3 Å². The molecule has 7 heteroatoms. The van der Waals surface area contributed by atoms with E-state index < -0.39 is 12.5 Å². The number of benzene rings is 1. The highest BCUT2D eigenvalue weighted by atomic mass is 32.2. The lowest BCUT2D eigenvalue weighted by Crippen LogP contribution is -2.02. The number of halogens is 2. The molecule has 0 saturated carbocycles. The molecule has 0 amide bonds. The summed E-state index contributed by atoms with van der Waals surface area (Å²) >= 11 is 1.26. The molecule has 0 unspecified atom stereocenters. The summed E-state index contributed by atoms with van der Waals surface area (Å²) < 4.78 is 26.0. The summed E-state index contributed by atoms with van der Waals surface area (Å²) in [6.07, 6.45) is 2.53. The number of imidazole rings is 1. The fraction of sp³-hybridized carbons (Fsp3) is 0.167. The Bertz CT molecular complexity index is 587. The molecule has 2 rings (SSSR count). The maximum atomic E-state index is 12.6. The molecule has 2 aromatic rings. The summed E-state index contributed by atoms with van der Waals surface area (Å²) in [6, 6.07) is 6.33. The Morgan fingerprint density at radius 3 is 2.95 bits per heavy atom. The zero-order chi connectivity index (χ0) is 13.8. The van der Waals surface area contributed by atoms with Crippen molar-refractivity contribution in [3.63, 3.8) is 0 Å². The van der Waals surface area contributed by atoms with Gasteiger partial charge in [-0.05, 0) is 18.2 Å². The Kier molecular flexibility index (Phi) is 4.16. The van der Waals surface area contributed by atoms with Crippen LogP contribution < -0.4 is 0 Å². The smallest absolute Gasteiger partial charge is 0.335 e. The Hall–Kier alpha value is -1.89. The number of hydrogen-bond donors (Lipinski definition) is 1. The second-order valence-electron chi connectivity index (χ2n) is 3.65. The summed E-state index contributed by atoms with van der Waals surface area (Å²) in [5.41, 5.74) is 0.169. The van der Waals surface area contributed by atoms with E-state index in [-0.39, 0.29) is 17.1 Å². The number of aromatic nitrogens is 2. The molecule has 0 saturated heterocycles. The lowest BCUT2D eigenvalue weighted by atomic mass is 10.2. The SMILES string of the molecule is O=C(O)c1cccc(SCc2nccn2C(F)F)c1. The van der Waals surface area contributed by atoms with Crippen LogP contribution in [0.2, 0.25) is 0 Å². The highest BCUT2D eigenvalue weighted by molar-refractivity contribution is 7.98. The predicted molar refractivity (Wildman–Crippen MR) is 66.4 cm³/mol. The molecule has 0 spiro atoms. The Morgan fingerprint density at radius 2 is 2.26 bits per heavy atom. The van der Waals surface area contributed by atoms with Crippen LogP contribution in [0.5, 0.6) is 0 Å². The van der Waals surface area contributed by atoms with Crippen LogP contribution in [-0.2, 0) is 5.75 Å². The van der Waals surface area contributed by atoms with E-state index in [1.54, 1.807) is 12.1 Å². The van der Waals surface area contributed by atoms with E-state index in [2.05, 4.69) is 4.98 Å². The Morgan fingerprint density at radius 1 is 1.47 bits per heavy atom. The minimum absolute atomic E-state index is 0.169. The molecule has 1 heterocycles. The first kappa shape index (κ1) is 13.5. The van der Waals surface area contributed by atoms with Gasteiger partial charge in [-0.15, -0.1) is 11.8 Å². The van der Waals surface area contributed by atoms with Gasteiger partial charge in [0.15, 0.2) is 0 Å². The first-order chi connectivity index (χ1) is 9.08. The monoisotopic (exact) mass is 284 g/mol. The summed E-state index contributed by atoms with van der Waals surface area (Å²) in [7, 11) is 0. The van der Waals surface area contributed by atoms with Gasteiger partial charge in [0, 0.05) is 17.3 Å². The molecular weight excluding hydrogens is 274 g/mol. The van der Waals surface area contributed by atoms with E-state index in [1.807, 2.05) is 0 Å². The lowest BCUT2D eigenvalue weighted by Gasteiger charge is -2.06. The van der Waals surface area contributed by atoms with Crippen LogP contribution in [0.1, 0.15) is 22.7 Å². The Balaban J connectivity index is 2.08. The molecular formula is C12H10F2N2O2S. The number of hydrogen-bond acceptors (Lipinski definition) is 3. The van der Waals surface area contributed by atoms with Gasteiger partial charge in [-0.25, -0.2) is 9.78 Å². The van der Waals surface area contributed by atoms with Crippen LogP contribution in [0.15, 0.2) is 41.6 Å². The minimum atomic E-state index is -2.62. The van der Waals surface area contributed by atoms with Gasteiger partial charge in [-0.1, -0.05) is 6.07 Å². The third kappa shape index (κ3) is 3.31. The molecule has 4 nitrogen and oxygen atoms in total. The van der Waals surface area contributed by atoms with Gasteiger partial charge in [-0.2, -0.15) is 8.78 Å². The molecule has 19 heavy (non-hydrogen) atoms. The molecule has 100 valence electrons. The standard InChI is InChI=1S/C12H10F2N2O2S/c13-12(14)16-5-4-15-10(16)7-19-9-3-1-2-8(6-9)11(17)18/h1-6,12H,7H2,(H,17,18). The summed E-state index contributed by atoms with van der Waals surface area (Å²) in [4.78, 5) is 15.4. The zero-order valence-corrected chi connectivity index (χ0v) is 10.5. The molecule has 0 aliphatic rings. The van der Waals surface area contributed by atoms with Crippen LogP contribution in [-0.4, -0.2) is 20.6 Å². The third-order valence-electron chi connectivity index (χ3n) is 2.41. The molecule has 1 N–H and O–H groups in total. The maximum Gasteiger partial charge on any atom is 0.335 e.